The molecular weight excluding hydrogens is 202 g/mol. The minimum atomic E-state index is -0.730. The van der Waals surface area contributed by atoms with Gasteiger partial charge in [-0.05, 0) is 39.3 Å². The fourth-order valence-corrected chi connectivity index (χ4v) is 1.55. The van der Waals surface area contributed by atoms with Gasteiger partial charge < -0.3 is 4.74 Å². The molecule has 0 aliphatic carbocycles. The molecule has 1 aromatic heterocycles. The lowest BCUT2D eigenvalue weighted by Gasteiger charge is -2.26. The van der Waals surface area contributed by atoms with Crippen LogP contribution in [0, 0.1) is 6.92 Å². The predicted octanol–water partition coefficient (Wildman–Crippen LogP) is 2.78. The van der Waals surface area contributed by atoms with Gasteiger partial charge in [0.05, 0.1) is 0 Å². The SMILES string of the molecule is CCOC(C)(CC)C(=O)c1ccc(C)nc1. The second-order valence-corrected chi connectivity index (χ2v) is 4.03. The Kier molecular flexibility index (Phi) is 4.19. The van der Waals surface area contributed by atoms with Gasteiger partial charge in [-0.15, -0.1) is 0 Å². The molecule has 0 aromatic carbocycles. The summed E-state index contributed by atoms with van der Waals surface area (Å²) in [5.41, 5.74) is 0.792. The molecular formula is C13H19NO2. The maximum absolute atomic E-state index is 12.2. The molecule has 0 fully saturated rings. The third-order valence-corrected chi connectivity index (χ3v) is 2.79. The first-order chi connectivity index (χ1) is 7.53. The Morgan fingerprint density at radius 3 is 2.56 bits per heavy atom. The lowest BCUT2D eigenvalue weighted by Crippen LogP contribution is -2.38. The summed E-state index contributed by atoms with van der Waals surface area (Å²) in [7, 11) is 0. The number of Topliss-reactive ketones (excluding diaryl/α,β-unsaturated/α-hetero) is 1. The van der Waals surface area contributed by atoms with Gasteiger partial charge in [-0.2, -0.15) is 0 Å². The normalized spacial score (nSPS) is 14.5. The Labute approximate surface area is 96.8 Å². The second kappa shape index (κ2) is 5.21. The third kappa shape index (κ3) is 2.67. The first-order valence-corrected chi connectivity index (χ1v) is 5.65. The Bertz CT molecular complexity index is 359. The number of rotatable bonds is 5. The number of nitrogens with zero attached hydrogens (tertiary/aromatic N) is 1. The van der Waals surface area contributed by atoms with Crippen LogP contribution in [-0.4, -0.2) is 23.0 Å². The van der Waals surface area contributed by atoms with Gasteiger partial charge in [0.2, 0.25) is 0 Å². The van der Waals surface area contributed by atoms with Crippen molar-refractivity contribution in [1.82, 2.24) is 4.98 Å². The molecule has 16 heavy (non-hydrogen) atoms. The number of ether oxygens (including phenoxy) is 1. The number of pyridine rings is 1. The molecule has 0 spiro atoms. The zero-order chi connectivity index (χ0) is 12.2. The average molecular weight is 221 g/mol. The quantitative estimate of drug-likeness (QED) is 0.718. The Morgan fingerprint density at radius 2 is 2.12 bits per heavy atom. The highest BCUT2D eigenvalue weighted by Crippen LogP contribution is 2.21. The van der Waals surface area contributed by atoms with Crippen molar-refractivity contribution < 1.29 is 9.53 Å². The number of aromatic nitrogens is 1. The van der Waals surface area contributed by atoms with E-state index in [-0.39, 0.29) is 5.78 Å². The molecule has 1 unspecified atom stereocenters. The van der Waals surface area contributed by atoms with E-state index in [4.69, 9.17) is 4.74 Å². The van der Waals surface area contributed by atoms with Crippen LogP contribution in [0.2, 0.25) is 0 Å². The van der Waals surface area contributed by atoms with Gasteiger partial charge in [0.15, 0.2) is 5.78 Å². The summed E-state index contributed by atoms with van der Waals surface area (Å²) in [6.07, 6.45) is 2.28. The summed E-state index contributed by atoms with van der Waals surface area (Å²) in [6.45, 7) is 8.12. The molecule has 0 saturated carbocycles. The minimum absolute atomic E-state index is 0.00403. The lowest BCUT2D eigenvalue weighted by atomic mass is 9.93. The second-order valence-electron chi connectivity index (χ2n) is 4.03. The number of ketones is 1. The maximum Gasteiger partial charge on any atom is 0.195 e. The van der Waals surface area contributed by atoms with E-state index in [0.717, 1.165) is 5.69 Å². The van der Waals surface area contributed by atoms with Crippen LogP contribution in [0.25, 0.3) is 0 Å². The molecule has 88 valence electrons. The molecule has 1 atom stereocenters. The van der Waals surface area contributed by atoms with Crippen molar-refractivity contribution in [2.75, 3.05) is 6.61 Å². The molecule has 1 aromatic rings. The van der Waals surface area contributed by atoms with E-state index in [1.807, 2.05) is 33.8 Å². The van der Waals surface area contributed by atoms with Crippen LogP contribution < -0.4 is 0 Å². The van der Waals surface area contributed by atoms with E-state index in [9.17, 15) is 4.79 Å². The van der Waals surface area contributed by atoms with Gasteiger partial charge in [-0.1, -0.05) is 6.92 Å². The number of carbonyl (C=O) groups is 1. The zero-order valence-corrected chi connectivity index (χ0v) is 10.4. The molecule has 1 heterocycles. The Balaban J connectivity index is 2.95. The molecule has 0 amide bonds. The molecule has 0 N–H and O–H groups in total. The molecule has 3 heteroatoms. The van der Waals surface area contributed by atoms with Crippen molar-refractivity contribution in [3.63, 3.8) is 0 Å². The number of carbonyl (C=O) groups excluding carboxylic acids is 1. The summed E-state index contributed by atoms with van der Waals surface area (Å²) in [5.74, 6) is 0.00403. The van der Waals surface area contributed by atoms with Crippen molar-refractivity contribution in [3.05, 3.63) is 29.6 Å². The largest absolute Gasteiger partial charge is 0.367 e. The zero-order valence-electron chi connectivity index (χ0n) is 10.4. The van der Waals surface area contributed by atoms with E-state index in [1.165, 1.54) is 0 Å². The lowest BCUT2D eigenvalue weighted by molar-refractivity contribution is -0.0116. The highest BCUT2D eigenvalue weighted by molar-refractivity contribution is 6.01. The molecule has 1 rings (SSSR count). The number of hydrogen-bond donors (Lipinski definition) is 0. The van der Waals surface area contributed by atoms with Gasteiger partial charge in [0.1, 0.15) is 5.60 Å². The van der Waals surface area contributed by atoms with E-state index in [0.29, 0.717) is 18.6 Å². The van der Waals surface area contributed by atoms with Crippen LogP contribution in [-0.2, 0) is 4.74 Å². The molecule has 0 saturated heterocycles. The van der Waals surface area contributed by atoms with E-state index in [2.05, 4.69) is 4.98 Å². The fourth-order valence-electron chi connectivity index (χ4n) is 1.55. The molecule has 0 aliphatic heterocycles. The van der Waals surface area contributed by atoms with Crippen LogP contribution >= 0.6 is 0 Å². The smallest absolute Gasteiger partial charge is 0.195 e. The van der Waals surface area contributed by atoms with Crippen LogP contribution in [0.1, 0.15) is 43.2 Å². The minimum Gasteiger partial charge on any atom is -0.367 e. The van der Waals surface area contributed by atoms with Crippen molar-refractivity contribution >= 4 is 5.78 Å². The van der Waals surface area contributed by atoms with Crippen molar-refractivity contribution in [1.29, 1.82) is 0 Å². The highest BCUT2D eigenvalue weighted by Gasteiger charge is 2.32. The average Bonchev–Trinajstić information content (AvgIpc) is 2.29. The van der Waals surface area contributed by atoms with Crippen LogP contribution in [0.15, 0.2) is 18.3 Å². The van der Waals surface area contributed by atoms with Crippen molar-refractivity contribution in [3.8, 4) is 0 Å². The summed E-state index contributed by atoms with van der Waals surface area (Å²) in [4.78, 5) is 16.4. The summed E-state index contributed by atoms with van der Waals surface area (Å²) in [6, 6.07) is 3.65. The molecule has 0 aliphatic rings. The van der Waals surface area contributed by atoms with Gasteiger partial charge >= 0.3 is 0 Å². The standard InChI is InChI=1S/C13H19NO2/c1-5-13(4,16-6-2)12(15)11-8-7-10(3)14-9-11/h7-9H,5-6H2,1-4H3. The predicted molar refractivity (Wildman–Crippen MR) is 63.6 cm³/mol. The van der Waals surface area contributed by atoms with E-state index in [1.54, 1.807) is 12.3 Å². The van der Waals surface area contributed by atoms with Gasteiger partial charge in [0.25, 0.3) is 0 Å². The van der Waals surface area contributed by atoms with Gasteiger partial charge in [-0.25, -0.2) is 0 Å². The monoisotopic (exact) mass is 221 g/mol. The Morgan fingerprint density at radius 1 is 1.44 bits per heavy atom. The van der Waals surface area contributed by atoms with Crippen LogP contribution in [0.5, 0.6) is 0 Å². The summed E-state index contributed by atoms with van der Waals surface area (Å²) >= 11 is 0. The number of aryl methyl sites for hydroxylation is 1. The van der Waals surface area contributed by atoms with Crippen molar-refractivity contribution in [2.45, 2.75) is 39.7 Å². The maximum atomic E-state index is 12.2. The first-order valence-electron chi connectivity index (χ1n) is 5.65. The topological polar surface area (TPSA) is 39.2 Å². The number of hydrogen-bond acceptors (Lipinski definition) is 3. The molecule has 3 nitrogen and oxygen atoms in total. The first kappa shape index (κ1) is 12.8. The summed E-state index contributed by atoms with van der Waals surface area (Å²) < 4.78 is 5.55. The Hall–Kier alpha value is -1.22. The van der Waals surface area contributed by atoms with Crippen LogP contribution in [0.4, 0.5) is 0 Å². The highest BCUT2D eigenvalue weighted by atomic mass is 16.5. The van der Waals surface area contributed by atoms with Crippen molar-refractivity contribution in [2.24, 2.45) is 0 Å². The molecule has 0 radical (unpaired) electrons. The molecule has 0 bridgehead atoms. The third-order valence-electron chi connectivity index (χ3n) is 2.79. The summed E-state index contributed by atoms with van der Waals surface area (Å²) in [5, 5.41) is 0. The van der Waals surface area contributed by atoms with E-state index < -0.39 is 5.60 Å². The van der Waals surface area contributed by atoms with Gasteiger partial charge in [0, 0.05) is 24.1 Å². The fraction of sp³-hybridized carbons (Fsp3) is 0.538. The van der Waals surface area contributed by atoms with E-state index >= 15 is 0 Å². The van der Waals surface area contributed by atoms with Gasteiger partial charge in [-0.3, -0.25) is 9.78 Å². The van der Waals surface area contributed by atoms with Crippen LogP contribution in [0.3, 0.4) is 0 Å².